The molecule has 1 amide bonds. The molecule has 4 N–H and O–H groups in total. The third-order valence-electron chi connectivity index (χ3n) is 4.90. The minimum Gasteiger partial charge on any atom is -0.399 e. The zero-order chi connectivity index (χ0) is 21.3. The van der Waals surface area contributed by atoms with Crippen molar-refractivity contribution in [1.82, 2.24) is 4.90 Å². The summed E-state index contributed by atoms with van der Waals surface area (Å²) in [6.45, 7) is 0.864. The van der Waals surface area contributed by atoms with Gasteiger partial charge in [-0.3, -0.25) is 4.79 Å². The van der Waals surface area contributed by atoms with Crippen LogP contribution in [-0.2, 0) is 11.3 Å². The molecule has 3 aromatic rings. The van der Waals surface area contributed by atoms with Gasteiger partial charge in [-0.1, -0.05) is 41.9 Å². The van der Waals surface area contributed by atoms with Crippen molar-refractivity contribution in [2.75, 3.05) is 30.5 Å². The first-order valence-electron chi connectivity index (χ1n) is 9.63. The van der Waals surface area contributed by atoms with Crippen LogP contribution in [0, 0.1) is 0 Å². The number of nitrogens with zero attached hydrogens (tertiary/aromatic N) is 1. The molecule has 0 atom stereocenters. The van der Waals surface area contributed by atoms with Gasteiger partial charge in [0.2, 0.25) is 0 Å². The summed E-state index contributed by atoms with van der Waals surface area (Å²) in [5, 5.41) is 6.95. The Morgan fingerprint density at radius 3 is 2.40 bits per heavy atom. The Labute approximate surface area is 181 Å². The van der Waals surface area contributed by atoms with E-state index in [1.807, 2.05) is 56.6 Å². The molecule has 0 fully saturated rings. The summed E-state index contributed by atoms with van der Waals surface area (Å²) < 4.78 is 0. The molecule has 0 saturated heterocycles. The number of rotatable bonds is 5. The number of anilines is 3. The lowest BCUT2D eigenvalue weighted by Gasteiger charge is -2.16. The maximum Gasteiger partial charge on any atom is 0.258 e. The highest BCUT2D eigenvalue weighted by atomic mass is 35.5. The molecule has 0 bridgehead atoms. The number of carbonyl (C=O) groups excluding carboxylic acids is 1. The van der Waals surface area contributed by atoms with Gasteiger partial charge in [-0.05, 0) is 61.6 Å². The minimum atomic E-state index is -0.171. The Hall–Kier alpha value is -3.28. The Balaban J connectivity index is 1.79. The van der Waals surface area contributed by atoms with Crippen LogP contribution in [0.3, 0.4) is 0 Å². The molecular formula is C24H23ClN4O. The number of nitrogen functional groups attached to an aromatic ring is 1. The number of carbonyl (C=O) groups is 1. The van der Waals surface area contributed by atoms with Crippen molar-refractivity contribution in [1.29, 1.82) is 0 Å². The summed E-state index contributed by atoms with van der Waals surface area (Å²) in [6, 6.07) is 21.1. The van der Waals surface area contributed by atoms with Crippen LogP contribution in [0.2, 0.25) is 5.02 Å². The summed E-state index contributed by atoms with van der Waals surface area (Å²) >= 11 is 6.11. The first-order valence-corrected chi connectivity index (χ1v) is 10.0. The van der Waals surface area contributed by atoms with Crippen LogP contribution >= 0.6 is 11.6 Å². The van der Waals surface area contributed by atoms with Crippen LogP contribution in [-0.4, -0.2) is 24.9 Å². The van der Waals surface area contributed by atoms with Gasteiger partial charge in [0.05, 0.1) is 17.0 Å². The molecule has 0 aromatic heterocycles. The average molecular weight is 419 g/mol. The van der Waals surface area contributed by atoms with Gasteiger partial charge in [0, 0.05) is 28.5 Å². The molecule has 5 nitrogen and oxygen atoms in total. The van der Waals surface area contributed by atoms with Gasteiger partial charge < -0.3 is 21.3 Å². The van der Waals surface area contributed by atoms with E-state index < -0.39 is 0 Å². The van der Waals surface area contributed by atoms with Gasteiger partial charge in [0.25, 0.3) is 5.91 Å². The van der Waals surface area contributed by atoms with Gasteiger partial charge in [-0.25, -0.2) is 0 Å². The summed E-state index contributed by atoms with van der Waals surface area (Å²) in [6.07, 6.45) is 0. The predicted octanol–water partition coefficient (Wildman–Crippen LogP) is 4.92. The number of nitrogens with two attached hydrogens (primary N) is 1. The number of hydrogen-bond acceptors (Lipinski definition) is 4. The highest BCUT2D eigenvalue weighted by Gasteiger charge is 2.28. The van der Waals surface area contributed by atoms with Crippen LogP contribution in [0.25, 0.3) is 11.3 Å². The van der Waals surface area contributed by atoms with E-state index in [1.54, 1.807) is 12.1 Å². The third kappa shape index (κ3) is 4.17. The van der Waals surface area contributed by atoms with E-state index in [4.69, 9.17) is 17.3 Å². The lowest BCUT2D eigenvalue weighted by Crippen LogP contribution is -2.11. The van der Waals surface area contributed by atoms with E-state index in [0.29, 0.717) is 27.7 Å². The third-order valence-corrected chi connectivity index (χ3v) is 5.13. The molecule has 0 radical (unpaired) electrons. The van der Waals surface area contributed by atoms with E-state index in [-0.39, 0.29) is 5.91 Å². The van der Waals surface area contributed by atoms with Crippen molar-refractivity contribution < 1.29 is 4.79 Å². The standard InChI is InChI=1S/C24H23ClN4O/c1-29(2)14-15-3-10-19(11-4-15)27-23(16-5-8-18(26)9-6-16)22-20-12-7-17(25)13-21(20)28-24(22)30/h3-13,27H,14,26H2,1-2H3,(H,28,30). The predicted molar refractivity (Wildman–Crippen MR) is 125 cm³/mol. The molecule has 6 heteroatoms. The normalized spacial score (nSPS) is 14.5. The molecule has 152 valence electrons. The Bertz CT molecular complexity index is 1120. The molecule has 1 aliphatic rings. The van der Waals surface area contributed by atoms with E-state index in [9.17, 15) is 4.79 Å². The maximum absolute atomic E-state index is 12.9. The number of nitrogens with one attached hydrogen (secondary N) is 2. The summed E-state index contributed by atoms with van der Waals surface area (Å²) in [7, 11) is 4.08. The van der Waals surface area contributed by atoms with E-state index in [1.165, 1.54) is 5.56 Å². The zero-order valence-electron chi connectivity index (χ0n) is 16.9. The smallest absolute Gasteiger partial charge is 0.258 e. The van der Waals surface area contributed by atoms with Crippen LogP contribution in [0.5, 0.6) is 0 Å². The quantitative estimate of drug-likeness (QED) is 0.406. The molecular weight excluding hydrogens is 396 g/mol. The molecule has 3 aromatic carbocycles. The van der Waals surface area contributed by atoms with Crippen LogP contribution in [0.15, 0.2) is 66.7 Å². The highest BCUT2D eigenvalue weighted by Crippen LogP contribution is 2.38. The summed E-state index contributed by atoms with van der Waals surface area (Å²) in [4.78, 5) is 15.0. The van der Waals surface area contributed by atoms with Crippen molar-refractivity contribution in [3.8, 4) is 0 Å². The fourth-order valence-electron chi connectivity index (χ4n) is 3.52. The molecule has 30 heavy (non-hydrogen) atoms. The van der Waals surface area contributed by atoms with Crippen molar-refractivity contribution in [3.05, 3.63) is 88.4 Å². The van der Waals surface area contributed by atoms with Crippen LogP contribution in [0.1, 0.15) is 16.7 Å². The number of amides is 1. The number of benzene rings is 3. The Kier molecular flexibility index (Phi) is 5.48. The fourth-order valence-corrected chi connectivity index (χ4v) is 3.70. The fraction of sp³-hybridized carbons (Fsp3) is 0.125. The lowest BCUT2D eigenvalue weighted by atomic mass is 9.99. The van der Waals surface area contributed by atoms with Gasteiger partial charge in [0.15, 0.2) is 0 Å². The largest absolute Gasteiger partial charge is 0.399 e. The second-order valence-electron chi connectivity index (χ2n) is 7.58. The van der Waals surface area contributed by atoms with Crippen LogP contribution in [0.4, 0.5) is 17.1 Å². The molecule has 0 unspecified atom stereocenters. The number of fused-ring (bicyclic) bond motifs is 1. The molecule has 0 saturated carbocycles. The molecule has 1 heterocycles. The van der Waals surface area contributed by atoms with Gasteiger partial charge in [0.1, 0.15) is 0 Å². The van der Waals surface area contributed by atoms with Crippen molar-refractivity contribution in [3.63, 3.8) is 0 Å². The van der Waals surface area contributed by atoms with Crippen LogP contribution < -0.4 is 16.4 Å². The van der Waals surface area contributed by atoms with Crippen molar-refractivity contribution >= 4 is 45.8 Å². The second kappa shape index (κ2) is 8.22. The average Bonchev–Trinajstić information content (AvgIpc) is 3.02. The van der Waals surface area contributed by atoms with Gasteiger partial charge >= 0.3 is 0 Å². The lowest BCUT2D eigenvalue weighted by molar-refractivity contribution is -0.110. The van der Waals surface area contributed by atoms with Crippen molar-refractivity contribution in [2.24, 2.45) is 0 Å². The molecule has 0 spiro atoms. The Morgan fingerprint density at radius 1 is 1.03 bits per heavy atom. The SMILES string of the molecule is CN(C)Cc1ccc(NC(=C2C(=O)Nc3cc(Cl)ccc32)c2ccc(N)cc2)cc1. The number of hydrogen-bond donors (Lipinski definition) is 3. The van der Waals surface area contributed by atoms with Crippen molar-refractivity contribution in [2.45, 2.75) is 6.54 Å². The van der Waals surface area contributed by atoms with E-state index in [0.717, 1.165) is 23.4 Å². The molecule has 1 aliphatic heterocycles. The summed E-state index contributed by atoms with van der Waals surface area (Å²) in [5.74, 6) is -0.171. The minimum absolute atomic E-state index is 0.171. The van der Waals surface area contributed by atoms with Gasteiger partial charge in [-0.15, -0.1) is 0 Å². The maximum atomic E-state index is 12.9. The number of halogens is 1. The van der Waals surface area contributed by atoms with E-state index in [2.05, 4.69) is 27.7 Å². The highest BCUT2D eigenvalue weighted by molar-refractivity contribution is 6.38. The van der Waals surface area contributed by atoms with E-state index >= 15 is 0 Å². The Morgan fingerprint density at radius 2 is 1.73 bits per heavy atom. The second-order valence-corrected chi connectivity index (χ2v) is 8.01. The monoisotopic (exact) mass is 418 g/mol. The molecule has 4 rings (SSSR count). The van der Waals surface area contributed by atoms with Gasteiger partial charge in [-0.2, -0.15) is 0 Å². The zero-order valence-corrected chi connectivity index (χ0v) is 17.6. The first kappa shape index (κ1) is 20.0. The molecule has 0 aliphatic carbocycles. The summed E-state index contributed by atoms with van der Waals surface area (Å²) in [5.41, 5.74) is 12.3. The first-order chi connectivity index (χ1) is 14.4. The topological polar surface area (TPSA) is 70.4 Å².